The van der Waals surface area contributed by atoms with Crippen LogP contribution in [0.1, 0.15) is 84.7 Å². The lowest BCUT2D eigenvalue weighted by molar-refractivity contribution is -0.134. The maximum Gasteiger partial charge on any atom is 0.405 e. The number of primary amides is 1. The van der Waals surface area contributed by atoms with Crippen LogP contribution >= 0.6 is 0 Å². The van der Waals surface area contributed by atoms with E-state index in [1.54, 1.807) is 73.4 Å². The number of anilines is 2. The first-order chi connectivity index (χ1) is 36.7. The Hall–Kier alpha value is -8.19. The van der Waals surface area contributed by atoms with E-state index in [0.717, 1.165) is 67.7 Å². The second-order valence-electron chi connectivity index (χ2n) is 19.9. The van der Waals surface area contributed by atoms with Crippen LogP contribution in [-0.4, -0.2) is 142 Å². The van der Waals surface area contributed by atoms with Gasteiger partial charge in [-0.2, -0.15) is 0 Å². The molecule has 5 aliphatic heterocycles. The lowest BCUT2D eigenvalue weighted by Crippen LogP contribution is -2.49. The van der Waals surface area contributed by atoms with E-state index in [0.29, 0.717) is 77.2 Å². The first-order valence-corrected chi connectivity index (χ1v) is 25.7. The average Bonchev–Trinajstić information content (AvgIpc) is 4.03. The van der Waals surface area contributed by atoms with Gasteiger partial charge in [-0.3, -0.25) is 29.2 Å². The lowest BCUT2D eigenvalue weighted by Gasteiger charge is -2.34. The molecule has 0 aliphatic carbocycles. The Bertz CT molecular complexity index is 2980. The van der Waals surface area contributed by atoms with Crippen molar-refractivity contribution in [2.45, 2.75) is 77.1 Å². The summed E-state index contributed by atoms with van der Waals surface area (Å²) in [7, 11) is 5.25. The highest BCUT2D eigenvalue weighted by atomic mass is 16.6. The summed E-state index contributed by atoms with van der Waals surface area (Å²) in [5, 5.41) is 5.35. The molecule has 5 aliphatic rings. The molecule has 4 aromatic rings. The van der Waals surface area contributed by atoms with Gasteiger partial charge in [-0.1, -0.05) is 38.1 Å². The number of hydrogen-bond donors (Lipinski definition) is 3. The number of fused-ring (bicyclic) bond motifs is 4. The van der Waals surface area contributed by atoms with Crippen molar-refractivity contribution in [1.82, 2.24) is 20.0 Å². The monoisotopic (exact) mass is 1040 g/mol. The van der Waals surface area contributed by atoms with Gasteiger partial charge >= 0.3 is 6.09 Å². The van der Waals surface area contributed by atoms with E-state index in [2.05, 4.69) is 51.7 Å². The number of nitrogens with one attached hydrogen (secondary N) is 2. The molecule has 0 aromatic heterocycles. The van der Waals surface area contributed by atoms with Crippen LogP contribution in [0.25, 0.3) is 11.1 Å². The van der Waals surface area contributed by atoms with Crippen molar-refractivity contribution in [3.05, 3.63) is 107 Å². The largest absolute Gasteiger partial charge is 0.493 e. The summed E-state index contributed by atoms with van der Waals surface area (Å²) in [4.78, 5) is 82.6. The van der Waals surface area contributed by atoms with Gasteiger partial charge in [0.15, 0.2) is 29.1 Å². The third-order valence-electron chi connectivity index (χ3n) is 14.2. The molecule has 19 nitrogen and oxygen atoms in total. The summed E-state index contributed by atoms with van der Waals surface area (Å²) in [5.41, 5.74) is 12.7. The van der Waals surface area contributed by atoms with E-state index >= 15 is 0 Å². The van der Waals surface area contributed by atoms with Gasteiger partial charge in [-0.25, -0.2) is 4.79 Å². The molecule has 4 N–H and O–H groups in total. The standard InChI is InChI=1S/C57H65N9O10/c1-34(2)52(76-57(58)71)54(68)61-35(3)53(67)62-40-14-10-36(11-15-40)38-24-42-30-59-46-28-50(48(72-5)26-44(46)55(69)65(42)32-38)74-22-8-7-9-23-75-51-29-47-45(27-49(51)73-6)56(70)66-33-39(25-43(66)31-60-47)37-12-16-41(17-13-37)64-20-18-63(4)19-21-64/h10-17,26-35,42-43,52H,7-9,18-25H2,1-6H3,(H2,58,71)(H,61,68)(H,62,67)/t35-,42-,43-,52-/m0/s1. The van der Waals surface area contributed by atoms with Crippen molar-refractivity contribution in [2.24, 2.45) is 21.6 Å². The summed E-state index contributed by atoms with van der Waals surface area (Å²) in [6, 6.07) is 21.3. The highest BCUT2D eigenvalue weighted by Gasteiger charge is 2.36. The number of unbranched alkanes of at least 4 members (excludes halogenated alkanes) is 2. The van der Waals surface area contributed by atoms with Crippen molar-refractivity contribution < 1.29 is 47.7 Å². The average molecular weight is 1040 g/mol. The van der Waals surface area contributed by atoms with E-state index in [9.17, 15) is 24.0 Å². The third-order valence-corrected chi connectivity index (χ3v) is 14.2. The van der Waals surface area contributed by atoms with Crippen molar-refractivity contribution in [3.63, 3.8) is 0 Å². The summed E-state index contributed by atoms with van der Waals surface area (Å²) in [6.45, 7) is 9.84. The smallest absolute Gasteiger partial charge is 0.405 e. The lowest BCUT2D eigenvalue weighted by atomic mass is 10.0. The molecule has 398 valence electrons. The zero-order valence-electron chi connectivity index (χ0n) is 43.7. The fraction of sp³-hybridized carbons (Fsp3) is 0.386. The van der Waals surface area contributed by atoms with E-state index < -0.39 is 30.1 Å². The minimum atomic E-state index is -1.14. The minimum absolute atomic E-state index is 0.134. The molecule has 0 unspecified atom stereocenters. The third kappa shape index (κ3) is 11.7. The number of benzene rings is 4. The van der Waals surface area contributed by atoms with E-state index in [4.69, 9.17) is 39.4 Å². The Morgan fingerprint density at radius 3 is 1.64 bits per heavy atom. The Labute approximate surface area is 442 Å². The fourth-order valence-corrected chi connectivity index (χ4v) is 9.84. The predicted molar refractivity (Wildman–Crippen MR) is 290 cm³/mol. The summed E-state index contributed by atoms with van der Waals surface area (Å²) >= 11 is 0. The van der Waals surface area contributed by atoms with Crippen molar-refractivity contribution >= 4 is 76.0 Å². The molecule has 4 atom stereocenters. The molecule has 19 heteroatoms. The van der Waals surface area contributed by atoms with Crippen LogP contribution in [0.2, 0.25) is 0 Å². The molecule has 4 aromatic carbocycles. The van der Waals surface area contributed by atoms with Gasteiger partial charge in [0.2, 0.25) is 5.91 Å². The molecular formula is C57H65N9O10. The second-order valence-corrected chi connectivity index (χ2v) is 19.9. The minimum Gasteiger partial charge on any atom is -0.493 e. The molecule has 0 spiro atoms. The molecule has 5 amide bonds. The number of nitrogens with two attached hydrogens (primary N) is 1. The maximum atomic E-state index is 14.0. The number of carbonyl (C=O) groups excluding carboxylic acids is 5. The van der Waals surface area contributed by atoms with Gasteiger partial charge in [0.1, 0.15) is 6.04 Å². The van der Waals surface area contributed by atoms with Gasteiger partial charge in [0.05, 0.1) is 62.0 Å². The quantitative estimate of drug-likeness (QED) is 0.0774. The molecule has 1 saturated heterocycles. The van der Waals surface area contributed by atoms with Gasteiger partial charge in [0.25, 0.3) is 17.7 Å². The van der Waals surface area contributed by atoms with Crippen LogP contribution in [-0.2, 0) is 14.3 Å². The normalized spacial score (nSPS) is 18.5. The van der Waals surface area contributed by atoms with Crippen LogP contribution in [0.4, 0.5) is 27.5 Å². The van der Waals surface area contributed by atoms with Gasteiger partial charge in [-0.15, -0.1) is 0 Å². The molecule has 0 bridgehead atoms. The molecule has 0 saturated carbocycles. The number of carbonyl (C=O) groups is 5. The Balaban J connectivity index is 0.742. The molecule has 1 fully saturated rings. The number of nitrogens with zero attached hydrogens (tertiary/aromatic N) is 6. The number of amides is 5. The Morgan fingerprint density at radius 1 is 0.671 bits per heavy atom. The first-order valence-electron chi connectivity index (χ1n) is 25.7. The predicted octanol–water partition coefficient (Wildman–Crippen LogP) is 7.59. The molecular weight excluding hydrogens is 971 g/mol. The molecule has 9 rings (SSSR count). The van der Waals surface area contributed by atoms with E-state index in [1.165, 1.54) is 19.7 Å². The topological polar surface area (TPSA) is 219 Å². The van der Waals surface area contributed by atoms with E-state index in [1.807, 2.05) is 30.7 Å². The van der Waals surface area contributed by atoms with Crippen LogP contribution in [0.5, 0.6) is 23.0 Å². The number of likely N-dealkylation sites (N-methyl/N-ethyl adjacent to an activating group) is 1. The Morgan fingerprint density at radius 2 is 1.17 bits per heavy atom. The zero-order valence-corrected chi connectivity index (χ0v) is 43.7. The summed E-state index contributed by atoms with van der Waals surface area (Å²) in [6.07, 6.45) is 8.63. The van der Waals surface area contributed by atoms with Gasteiger partial charge in [0, 0.05) is 87.4 Å². The van der Waals surface area contributed by atoms with Crippen LogP contribution in [0.15, 0.2) is 95.2 Å². The Kier molecular flexibility index (Phi) is 16.0. The highest BCUT2D eigenvalue weighted by molar-refractivity contribution is 6.07. The first kappa shape index (κ1) is 52.7. The van der Waals surface area contributed by atoms with Crippen molar-refractivity contribution in [2.75, 3.05) is 70.9 Å². The van der Waals surface area contributed by atoms with E-state index in [-0.39, 0.29) is 29.8 Å². The molecule has 0 radical (unpaired) electrons. The van der Waals surface area contributed by atoms with Gasteiger partial charge in [-0.05, 0) is 97.8 Å². The number of aliphatic imine (C=N–C) groups is 2. The molecule has 5 heterocycles. The fourth-order valence-electron chi connectivity index (χ4n) is 9.84. The number of hydrogen-bond acceptors (Lipinski definition) is 14. The number of piperazine rings is 1. The zero-order chi connectivity index (χ0) is 53.6. The molecule has 76 heavy (non-hydrogen) atoms. The maximum absolute atomic E-state index is 14.0. The van der Waals surface area contributed by atoms with Gasteiger partial charge < -0.3 is 59.7 Å². The van der Waals surface area contributed by atoms with Crippen LogP contribution in [0, 0.1) is 5.92 Å². The summed E-state index contributed by atoms with van der Waals surface area (Å²) < 4.78 is 28.7. The SMILES string of the molecule is COc1cc2c(cc1OCCCCCOc1cc3c(cc1OC)C(=O)N1C=C(c4ccc(N5CCN(C)CC5)cc4)C[C@H]1C=N3)N=C[C@@H]1CC(c3ccc(NC(=O)[C@H](C)NC(=O)[C@@H](OC(N)=O)C(C)C)cc3)=CN1C2=O. The second kappa shape index (κ2) is 23.1. The number of rotatable bonds is 19. The van der Waals surface area contributed by atoms with Crippen LogP contribution < -0.4 is 40.2 Å². The van der Waals surface area contributed by atoms with Crippen molar-refractivity contribution in [3.8, 4) is 23.0 Å². The summed E-state index contributed by atoms with van der Waals surface area (Å²) in [5.74, 6) is 0.0602. The number of methoxy groups -OCH3 is 2. The number of ether oxygens (including phenoxy) is 5. The van der Waals surface area contributed by atoms with Crippen LogP contribution in [0.3, 0.4) is 0 Å². The highest BCUT2D eigenvalue weighted by Crippen LogP contribution is 2.42. The van der Waals surface area contributed by atoms with Crippen molar-refractivity contribution in [1.29, 1.82) is 0 Å².